The Morgan fingerprint density at radius 1 is 1.28 bits per heavy atom. The summed E-state index contributed by atoms with van der Waals surface area (Å²) in [4.78, 5) is 27.2. The molecule has 2 aromatic rings. The maximum absolute atomic E-state index is 12.7. The smallest absolute Gasteiger partial charge is 0.266 e. The summed E-state index contributed by atoms with van der Waals surface area (Å²) in [6, 6.07) is 12.9. The van der Waals surface area contributed by atoms with Gasteiger partial charge in [0.2, 0.25) is 0 Å². The number of hydrogen-bond acceptors (Lipinski definition) is 6. The number of hydrogen-bond donors (Lipinski definition) is 1. The monoisotopic (exact) mass is 582 g/mol. The molecule has 1 N–H and O–H groups in total. The van der Waals surface area contributed by atoms with Crippen molar-refractivity contribution in [2.24, 2.45) is 0 Å². The number of carbonyl (C=O) groups is 2. The second-order valence-electron chi connectivity index (χ2n) is 6.92. The molecule has 1 saturated heterocycles. The van der Waals surface area contributed by atoms with E-state index >= 15 is 0 Å². The molecule has 0 aromatic heterocycles. The molecule has 1 fully saturated rings. The minimum Gasteiger partial charge on any atom is -0.493 e. The van der Waals surface area contributed by atoms with Gasteiger partial charge in [-0.15, -0.1) is 0 Å². The Kier molecular flexibility index (Phi) is 8.94. The molecule has 1 heterocycles. The fraction of sp³-hybridized carbons (Fsp3) is 0.261. The average molecular weight is 582 g/mol. The van der Waals surface area contributed by atoms with Gasteiger partial charge in [-0.25, -0.2) is 0 Å². The number of nitrogens with zero attached hydrogens (tertiary/aromatic N) is 1. The highest BCUT2D eigenvalue weighted by Gasteiger charge is 2.31. The third kappa shape index (κ3) is 6.23. The van der Waals surface area contributed by atoms with Crippen molar-refractivity contribution in [3.63, 3.8) is 0 Å². The molecule has 2 aromatic carbocycles. The van der Waals surface area contributed by atoms with Gasteiger partial charge in [-0.1, -0.05) is 55.5 Å². The van der Waals surface area contributed by atoms with Crippen LogP contribution in [0.1, 0.15) is 25.3 Å². The molecule has 0 unspecified atom stereocenters. The van der Waals surface area contributed by atoms with E-state index in [0.29, 0.717) is 33.0 Å². The Morgan fingerprint density at radius 2 is 2.03 bits per heavy atom. The largest absolute Gasteiger partial charge is 0.493 e. The van der Waals surface area contributed by atoms with Crippen molar-refractivity contribution in [1.82, 2.24) is 4.90 Å². The molecule has 32 heavy (non-hydrogen) atoms. The van der Waals surface area contributed by atoms with E-state index < -0.39 is 0 Å². The number of unbranched alkanes of at least 4 members (excludes halogenated alkanes) is 1. The molecule has 0 radical (unpaired) electrons. The fourth-order valence-corrected chi connectivity index (χ4v) is 5.07. The number of thiocarbonyl (C=S) groups is 1. The van der Waals surface area contributed by atoms with E-state index in [1.54, 1.807) is 11.0 Å². The summed E-state index contributed by atoms with van der Waals surface area (Å²) in [7, 11) is 1.54. The van der Waals surface area contributed by atoms with E-state index in [1.807, 2.05) is 42.5 Å². The molecule has 9 heteroatoms. The van der Waals surface area contributed by atoms with Crippen molar-refractivity contribution in [3.8, 4) is 11.5 Å². The van der Waals surface area contributed by atoms with Crippen LogP contribution in [0.25, 0.3) is 6.08 Å². The summed E-state index contributed by atoms with van der Waals surface area (Å²) < 4.78 is 12.6. The molecule has 6 nitrogen and oxygen atoms in total. The van der Waals surface area contributed by atoms with Crippen molar-refractivity contribution in [1.29, 1.82) is 0 Å². The fourth-order valence-electron chi connectivity index (χ4n) is 2.98. The van der Waals surface area contributed by atoms with Crippen molar-refractivity contribution >= 4 is 74.5 Å². The van der Waals surface area contributed by atoms with Crippen molar-refractivity contribution < 1.29 is 19.1 Å². The number of nitrogens with one attached hydrogen (secondary N) is 1. The van der Waals surface area contributed by atoms with Gasteiger partial charge >= 0.3 is 0 Å². The van der Waals surface area contributed by atoms with Crippen LogP contribution in [0.15, 0.2) is 47.4 Å². The van der Waals surface area contributed by atoms with Crippen LogP contribution in [0.2, 0.25) is 0 Å². The lowest BCUT2D eigenvalue weighted by atomic mass is 10.2. The zero-order valence-corrected chi connectivity index (χ0v) is 21.5. The molecule has 1 aliphatic heterocycles. The first-order valence-electron chi connectivity index (χ1n) is 10.0. The predicted octanol–water partition coefficient (Wildman–Crippen LogP) is 5.32. The van der Waals surface area contributed by atoms with Crippen LogP contribution in [0.4, 0.5) is 5.69 Å². The molecule has 0 aliphatic carbocycles. The van der Waals surface area contributed by atoms with Gasteiger partial charge < -0.3 is 14.8 Å². The van der Waals surface area contributed by atoms with E-state index in [4.69, 9.17) is 21.7 Å². The van der Waals surface area contributed by atoms with Crippen molar-refractivity contribution in [2.45, 2.75) is 19.8 Å². The zero-order chi connectivity index (χ0) is 23.1. The van der Waals surface area contributed by atoms with Gasteiger partial charge in [-0.2, -0.15) is 0 Å². The van der Waals surface area contributed by atoms with Gasteiger partial charge in [0.25, 0.3) is 11.8 Å². The Morgan fingerprint density at radius 3 is 2.72 bits per heavy atom. The summed E-state index contributed by atoms with van der Waals surface area (Å²) in [6.07, 6.45) is 3.72. The minimum absolute atomic E-state index is 0.0691. The van der Waals surface area contributed by atoms with E-state index in [-0.39, 0.29) is 18.4 Å². The first-order chi connectivity index (χ1) is 15.4. The van der Waals surface area contributed by atoms with Crippen LogP contribution in [0, 0.1) is 3.57 Å². The van der Waals surface area contributed by atoms with E-state index in [0.717, 1.165) is 22.0 Å². The Balaban J connectivity index is 1.72. The quantitative estimate of drug-likeness (QED) is 0.246. The number of para-hydroxylation sites is 1. The van der Waals surface area contributed by atoms with Gasteiger partial charge in [-0.05, 0) is 64.9 Å². The van der Waals surface area contributed by atoms with Crippen LogP contribution in [-0.4, -0.2) is 41.3 Å². The first kappa shape index (κ1) is 24.5. The lowest BCUT2D eigenvalue weighted by molar-refractivity contribution is -0.122. The highest BCUT2D eigenvalue weighted by atomic mass is 127. The van der Waals surface area contributed by atoms with Gasteiger partial charge in [0.1, 0.15) is 4.32 Å². The Hall–Kier alpha value is -2.11. The van der Waals surface area contributed by atoms with Crippen LogP contribution in [0.3, 0.4) is 0 Å². The molecular formula is C23H23IN2O4S2. The van der Waals surface area contributed by atoms with E-state index in [1.165, 1.54) is 18.9 Å². The third-order valence-electron chi connectivity index (χ3n) is 4.56. The average Bonchev–Trinajstić information content (AvgIpc) is 3.04. The van der Waals surface area contributed by atoms with Gasteiger partial charge in [0.15, 0.2) is 18.1 Å². The number of amides is 2. The summed E-state index contributed by atoms with van der Waals surface area (Å²) in [5.41, 5.74) is 1.50. The molecule has 3 rings (SSSR count). The van der Waals surface area contributed by atoms with Crippen LogP contribution >= 0.6 is 46.6 Å². The molecule has 2 amide bonds. The Bertz CT molecular complexity index is 1040. The number of thioether (sulfide) groups is 1. The standard InChI is InChI=1S/C23H23IN2O4S2/c1-3-4-10-26-22(28)19(32-23(26)31)13-15-11-17(24)21(18(12-15)29-2)30-14-20(27)25-16-8-6-5-7-9-16/h5-9,11-13H,3-4,10,14H2,1-2H3,(H,25,27)/b19-13-. The van der Waals surface area contributed by atoms with Gasteiger partial charge in [-0.3, -0.25) is 14.5 Å². The van der Waals surface area contributed by atoms with Crippen LogP contribution in [-0.2, 0) is 9.59 Å². The molecule has 0 spiro atoms. The Labute approximate surface area is 210 Å². The maximum Gasteiger partial charge on any atom is 0.266 e. The molecular weight excluding hydrogens is 559 g/mol. The summed E-state index contributed by atoms with van der Waals surface area (Å²) in [6.45, 7) is 2.56. The lowest BCUT2D eigenvalue weighted by Crippen LogP contribution is -2.28. The zero-order valence-electron chi connectivity index (χ0n) is 17.7. The number of methoxy groups -OCH3 is 1. The highest BCUT2D eigenvalue weighted by Crippen LogP contribution is 2.37. The number of anilines is 1. The van der Waals surface area contributed by atoms with Crippen LogP contribution in [0.5, 0.6) is 11.5 Å². The van der Waals surface area contributed by atoms with Crippen molar-refractivity contribution in [2.75, 3.05) is 25.6 Å². The van der Waals surface area contributed by atoms with E-state index in [2.05, 4.69) is 34.8 Å². The van der Waals surface area contributed by atoms with Gasteiger partial charge in [0, 0.05) is 12.2 Å². The van der Waals surface area contributed by atoms with Crippen molar-refractivity contribution in [3.05, 3.63) is 56.5 Å². The molecule has 168 valence electrons. The maximum atomic E-state index is 12.7. The number of carbonyl (C=O) groups excluding carboxylic acids is 2. The minimum atomic E-state index is -0.270. The summed E-state index contributed by atoms with van der Waals surface area (Å²) in [5, 5.41) is 2.78. The SMILES string of the molecule is CCCCN1C(=O)/C(=C/c2cc(I)c(OCC(=O)Nc3ccccc3)c(OC)c2)SC1=S. The van der Waals surface area contributed by atoms with Gasteiger partial charge in [0.05, 0.1) is 15.6 Å². The van der Waals surface area contributed by atoms with E-state index in [9.17, 15) is 9.59 Å². The summed E-state index contributed by atoms with van der Waals surface area (Å²) in [5.74, 6) is 0.621. The number of ether oxygens (including phenoxy) is 2. The number of halogens is 1. The normalized spacial score (nSPS) is 14.7. The second-order valence-corrected chi connectivity index (χ2v) is 9.76. The number of benzene rings is 2. The predicted molar refractivity (Wildman–Crippen MR) is 141 cm³/mol. The number of rotatable bonds is 9. The molecule has 0 bridgehead atoms. The molecule has 1 aliphatic rings. The summed E-state index contributed by atoms with van der Waals surface area (Å²) >= 11 is 8.81. The highest BCUT2D eigenvalue weighted by molar-refractivity contribution is 14.1. The molecule has 0 atom stereocenters. The third-order valence-corrected chi connectivity index (χ3v) is 6.74. The van der Waals surface area contributed by atoms with Crippen LogP contribution < -0.4 is 14.8 Å². The first-order valence-corrected chi connectivity index (χ1v) is 12.3. The second kappa shape index (κ2) is 11.7. The topological polar surface area (TPSA) is 67.9 Å². The lowest BCUT2D eigenvalue weighted by Gasteiger charge is -2.14. The molecule has 0 saturated carbocycles.